The highest BCUT2D eigenvalue weighted by molar-refractivity contribution is 5.45. The molecule has 0 atom stereocenters. The minimum absolute atomic E-state index is 0.672. The SMILES string of the molecule is CN(c1ccc(N)cn1)C1CCCC1. The van der Waals surface area contributed by atoms with E-state index >= 15 is 0 Å². The number of rotatable bonds is 2. The zero-order valence-electron chi connectivity index (χ0n) is 8.61. The van der Waals surface area contributed by atoms with Crippen molar-refractivity contribution in [1.29, 1.82) is 0 Å². The summed E-state index contributed by atoms with van der Waals surface area (Å²) < 4.78 is 0. The number of nitrogens with two attached hydrogens (primary N) is 1. The number of hydrogen-bond donors (Lipinski definition) is 1. The fraction of sp³-hybridized carbons (Fsp3) is 0.545. The maximum atomic E-state index is 5.60. The summed E-state index contributed by atoms with van der Waals surface area (Å²) in [5.41, 5.74) is 6.33. The van der Waals surface area contributed by atoms with E-state index in [2.05, 4.69) is 16.9 Å². The van der Waals surface area contributed by atoms with Gasteiger partial charge in [0.05, 0.1) is 11.9 Å². The van der Waals surface area contributed by atoms with Gasteiger partial charge in [0, 0.05) is 13.1 Å². The van der Waals surface area contributed by atoms with E-state index in [4.69, 9.17) is 5.73 Å². The van der Waals surface area contributed by atoms with Crippen LogP contribution in [0.5, 0.6) is 0 Å². The molecule has 14 heavy (non-hydrogen) atoms. The van der Waals surface area contributed by atoms with E-state index in [0.717, 1.165) is 11.5 Å². The van der Waals surface area contributed by atoms with Crippen molar-refractivity contribution in [3.05, 3.63) is 18.3 Å². The van der Waals surface area contributed by atoms with Crippen LogP contribution in [0, 0.1) is 0 Å². The summed E-state index contributed by atoms with van der Waals surface area (Å²) in [6.07, 6.45) is 7.01. The predicted molar refractivity (Wildman–Crippen MR) is 59.3 cm³/mol. The van der Waals surface area contributed by atoms with E-state index in [1.54, 1.807) is 6.20 Å². The van der Waals surface area contributed by atoms with E-state index in [9.17, 15) is 0 Å². The van der Waals surface area contributed by atoms with Crippen LogP contribution in [-0.2, 0) is 0 Å². The number of aromatic nitrogens is 1. The molecule has 1 aromatic rings. The minimum atomic E-state index is 0.672. The first kappa shape index (κ1) is 9.31. The summed E-state index contributed by atoms with van der Waals surface area (Å²) in [7, 11) is 2.12. The van der Waals surface area contributed by atoms with Gasteiger partial charge in [-0.3, -0.25) is 0 Å². The second kappa shape index (κ2) is 3.86. The van der Waals surface area contributed by atoms with Crippen molar-refractivity contribution in [1.82, 2.24) is 4.98 Å². The zero-order chi connectivity index (χ0) is 9.97. The topological polar surface area (TPSA) is 42.1 Å². The number of anilines is 2. The van der Waals surface area contributed by atoms with E-state index in [1.807, 2.05) is 12.1 Å². The Kier molecular flexibility index (Phi) is 2.57. The third kappa shape index (κ3) is 1.81. The molecule has 0 aromatic carbocycles. The highest BCUT2D eigenvalue weighted by Crippen LogP contribution is 2.25. The molecule has 0 saturated heterocycles. The molecule has 1 saturated carbocycles. The summed E-state index contributed by atoms with van der Waals surface area (Å²) in [6, 6.07) is 4.58. The highest BCUT2D eigenvalue weighted by atomic mass is 15.2. The van der Waals surface area contributed by atoms with Crippen LogP contribution in [0.2, 0.25) is 0 Å². The lowest BCUT2D eigenvalue weighted by Crippen LogP contribution is -2.29. The average molecular weight is 191 g/mol. The molecule has 2 rings (SSSR count). The Morgan fingerprint density at radius 1 is 1.36 bits per heavy atom. The first-order valence-corrected chi connectivity index (χ1v) is 5.22. The molecule has 0 radical (unpaired) electrons. The predicted octanol–water partition coefficient (Wildman–Crippen LogP) is 2.04. The van der Waals surface area contributed by atoms with Crippen LogP contribution in [0.4, 0.5) is 11.5 Å². The van der Waals surface area contributed by atoms with Crippen molar-refractivity contribution >= 4 is 11.5 Å². The normalized spacial score (nSPS) is 17.2. The van der Waals surface area contributed by atoms with Crippen LogP contribution in [0.15, 0.2) is 18.3 Å². The Balaban J connectivity index is 2.09. The van der Waals surface area contributed by atoms with Gasteiger partial charge in [-0.15, -0.1) is 0 Å². The standard InChI is InChI=1S/C11H17N3/c1-14(10-4-2-3-5-10)11-7-6-9(12)8-13-11/h6-8,10H,2-5,12H2,1H3. The van der Waals surface area contributed by atoms with Gasteiger partial charge in [-0.2, -0.15) is 0 Å². The molecule has 1 fully saturated rings. The largest absolute Gasteiger partial charge is 0.397 e. The number of nitrogen functional groups attached to an aromatic ring is 1. The van der Waals surface area contributed by atoms with Crippen molar-refractivity contribution in [2.45, 2.75) is 31.7 Å². The van der Waals surface area contributed by atoms with Gasteiger partial charge in [-0.1, -0.05) is 12.8 Å². The maximum Gasteiger partial charge on any atom is 0.128 e. The molecule has 76 valence electrons. The second-order valence-electron chi connectivity index (χ2n) is 4.00. The van der Waals surface area contributed by atoms with E-state index < -0.39 is 0 Å². The minimum Gasteiger partial charge on any atom is -0.397 e. The second-order valence-corrected chi connectivity index (χ2v) is 4.00. The average Bonchev–Trinajstić information content (AvgIpc) is 2.71. The van der Waals surface area contributed by atoms with Crippen LogP contribution in [0.25, 0.3) is 0 Å². The van der Waals surface area contributed by atoms with Gasteiger partial charge in [0.25, 0.3) is 0 Å². The third-order valence-corrected chi connectivity index (χ3v) is 3.00. The summed E-state index contributed by atoms with van der Waals surface area (Å²) in [6.45, 7) is 0. The third-order valence-electron chi connectivity index (χ3n) is 3.00. The molecule has 3 nitrogen and oxygen atoms in total. The van der Waals surface area contributed by atoms with Gasteiger partial charge < -0.3 is 10.6 Å². The van der Waals surface area contributed by atoms with Crippen LogP contribution in [0.3, 0.4) is 0 Å². The summed E-state index contributed by atoms with van der Waals surface area (Å²) >= 11 is 0. The Labute approximate surface area is 84.9 Å². The van der Waals surface area contributed by atoms with E-state index in [-0.39, 0.29) is 0 Å². The number of nitrogens with zero attached hydrogens (tertiary/aromatic N) is 2. The molecule has 0 amide bonds. The molecule has 2 N–H and O–H groups in total. The van der Waals surface area contributed by atoms with Crippen molar-refractivity contribution in [2.24, 2.45) is 0 Å². The van der Waals surface area contributed by atoms with Crippen LogP contribution >= 0.6 is 0 Å². The molecule has 0 spiro atoms. The van der Waals surface area contributed by atoms with Crippen molar-refractivity contribution in [3.8, 4) is 0 Å². The van der Waals surface area contributed by atoms with Crippen LogP contribution < -0.4 is 10.6 Å². The lowest BCUT2D eigenvalue weighted by Gasteiger charge is -2.25. The molecule has 3 heteroatoms. The molecule has 0 unspecified atom stereocenters. The van der Waals surface area contributed by atoms with Crippen molar-refractivity contribution in [2.75, 3.05) is 17.7 Å². The Bertz CT molecular complexity index is 288. The molecular weight excluding hydrogens is 174 g/mol. The van der Waals surface area contributed by atoms with Crippen molar-refractivity contribution < 1.29 is 0 Å². The van der Waals surface area contributed by atoms with Crippen LogP contribution in [0.1, 0.15) is 25.7 Å². The maximum absolute atomic E-state index is 5.60. The molecule has 1 aliphatic carbocycles. The van der Waals surface area contributed by atoms with Gasteiger partial charge in [0.2, 0.25) is 0 Å². The van der Waals surface area contributed by atoms with Gasteiger partial charge in [0.1, 0.15) is 5.82 Å². The van der Waals surface area contributed by atoms with E-state index in [1.165, 1.54) is 25.7 Å². The summed E-state index contributed by atoms with van der Waals surface area (Å²) in [4.78, 5) is 6.59. The summed E-state index contributed by atoms with van der Waals surface area (Å²) in [5.74, 6) is 1.03. The Hall–Kier alpha value is -1.25. The molecule has 0 bridgehead atoms. The molecular formula is C11H17N3. The van der Waals surface area contributed by atoms with Crippen molar-refractivity contribution in [3.63, 3.8) is 0 Å². The molecule has 1 aliphatic rings. The van der Waals surface area contributed by atoms with E-state index in [0.29, 0.717) is 6.04 Å². The Morgan fingerprint density at radius 2 is 2.07 bits per heavy atom. The number of hydrogen-bond acceptors (Lipinski definition) is 3. The quantitative estimate of drug-likeness (QED) is 0.777. The first-order chi connectivity index (χ1) is 6.77. The molecule has 1 heterocycles. The zero-order valence-corrected chi connectivity index (χ0v) is 8.61. The van der Waals surface area contributed by atoms with Gasteiger partial charge in [-0.25, -0.2) is 4.98 Å². The lowest BCUT2D eigenvalue weighted by atomic mass is 10.2. The van der Waals surface area contributed by atoms with Crippen LogP contribution in [-0.4, -0.2) is 18.1 Å². The molecule has 1 aromatic heterocycles. The highest BCUT2D eigenvalue weighted by Gasteiger charge is 2.20. The van der Waals surface area contributed by atoms with Gasteiger partial charge >= 0.3 is 0 Å². The molecule has 0 aliphatic heterocycles. The van der Waals surface area contributed by atoms with Gasteiger partial charge in [-0.05, 0) is 25.0 Å². The fourth-order valence-corrected chi connectivity index (χ4v) is 2.08. The first-order valence-electron chi connectivity index (χ1n) is 5.22. The number of pyridine rings is 1. The van der Waals surface area contributed by atoms with Gasteiger partial charge in [0.15, 0.2) is 0 Å². The summed E-state index contributed by atoms with van der Waals surface area (Å²) in [5, 5.41) is 0. The smallest absolute Gasteiger partial charge is 0.128 e. The lowest BCUT2D eigenvalue weighted by molar-refractivity contribution is 0.646. The fourth-order valence-electron chi connectivity index (χ4n) is 2.08. The monoisotopic (exact) mass is 191 g/mol. The Morgan fingerprint density at radius 3 is 2.64 bits per heavy atom.